The van der Waals surface area contributed by atoms with Gasteiger partial charge in [-0.15, -0.1) is 0 Å². The Bertz CT molecular complexity index is 902. The van der Waals surface area contributed by atoms with Crippen molar-refractivity contribution in [3.63, 3.8) is 0 Å². The topological polar surface area (TPSA) is 39.4 Å². The summed E-state index contributed by atoms with van der Waals surface area (Å²) in [5.41, 5.74) is 2.85. The van der Waals surface area contributed by atoms with Crippen LogP contribution in [0.1, 0.15) is 23.8 Å². The molecule has 0 N–H and O–H groups in total. The second-order valence-corrected chi connectivity index (χ2v) is 5.30. The second-order valence-electron chi connectivity index (χ2n) is 5.30. The molecular formula is C20H18O3. The van der Waals surface area contributed by atoms with Crippen LogP contribution >= 0.6 is 0 Å². The SMILES string of the molecule is CCc1ccc(C=Cc2cc(=O)c3cc(OC)ccc3o2)cc1. The van der Waals surface area contributed by atoms with Crippen LogP contribution in [0.4, 0.5) is 0 Å². The van der Waals surface area contributed by atoms with Gasteiger partial charge in [0.25, 0.3) is 0 Å². The maximum atomic E-state index is 12.2. The second kappa shape index (κ2) is 6.53. The molecule has 2 aromatic carbocycles. The van der Waals surface area contributed by atoms with Crippen LogP contribution in [0.3, 0.4) is 0 Å². The van der Waals surface area contributed by atoms with Crippen LogP contribution in [0.2, 0.25) is 0 Å². The Kier molecular flexibility index (Phi) is 4.29. The Morgan fingerprint density at radius 2 is 1.83 bits per heavy atom. The molecule has 0 saturated heterocycles. The molecule has 3 aromatic rings. The molecule has 116 valence electrons. The first-order valence-corrected chi connectivity index (χ1v) is 7.58. The van der Waals surface area contributed by atoms with Crippen LogP contribution in [0.15, 0.2) is 57.7 Å². The van der Waals surface area contributed by atoms with Crippen LogP contribution in [-0.4, -0.2) is 7.11 Å². The molecule has 0 unspecified atom stereocenters. The molecule has 3 nitrogen and oxygen atoms in total. The average molecular weight is 306 g/mol. The zero-order chi connectivity index (χ0) is 16.2. The van der Waals surface area contributed by atoms with E-state index in [9.17, 15) is 4.79 Å². The number of benzene rings is 2. The van der Waals surface area contributed by atoms with Gasteiger partial charge in [0.15, 0.2) is 5.43 Å². The average Bonchev–Trinajstić information content (AvgIpc) is 2.60. The lowest BCUT2D eigenvalue weighted by Crippen LogP contribution is -2.00. The van der Waals surface area contributed by atoms with E-state index in [1.165, 1.54) is 11.6 Å². The highest BCUT2D eigenvalue weighted by atomic mass is 16.5. The summed E-state index contributed by atoms with van der Waals surface area (Å²) in [7, 11) is 1.57. The lowest BCUT2D eigenvalue weighted by molar-refractivity contribution is 0.415. The number of rotatable bonds is 4. The maximum absolute atomic E-state index is 12.2. The summed E-state index contributed by atoms with van der Waals surface area (Å²) in [6.45, 7) is 2.13. The number of hydrogen-bond acceptors (Lipinski definition) is 3. The van der Waals surface area contributed by atoms with E-state index in [2.05, 4.69) is 31.2 Å². The van der Waals surface area contributed by atoms with Crippen LogP contribution in [-0.2, 0) is 6.42 Å². The number of ether oxygens (including phenoxy) is 1. The smallest absolute Gasteiger partial charge is 0.193 e. The van der Waals surface area contributed by atoms with Crippen molar-refractivity contribution in [2.24, 2.45) is 0 Å². The third-order valence-corrected chi connectivity index (χ3v) is 3.78. The Balaban J connectivity index is 1.93. The van der Waals surface area contributed by atoms with Gasteiger partial charge in [0.05, 0.1) is 12.5 Å². The molecule has 23 heavy (non-hydrogen) atoms. The molecule has 0 saturated carbocycles. The molecule has 0 radical (unpaired) electrons. The van der Waals surface area contributed by atoms with E-state index in [1.54, 1.807) is 25.3 Å². The minimum atomic E-state index is -0.0777. The van der Waals surface area contributed by atoms with Gasteiger partial charge in [-0.05, 0) is 41.8 Å². The number of hydrogen-bond donors (Lipinski definition) is 0. The number of methoxy groups -OCH3 is 1. The van der Waals surface area contributed by atoms with Gasteiger partial charge in [0.1, 0.15) is 17.1 Å². The summed E-state index contributed by atoms with van der Waals surface area (Å²) in [4.78, 5) is 12.2. The first-order valence-electron chi connectivity index (χ1n) is 7.58. The van der Waals surface area contributed by atoms with E-state index < -0.39 is 0 Å². The van der Waals surface area contributed by atoms with Crippen molar-refractivity contribution in [2.45, 2.75) is 13.3 Å². The van der Waals surface area contributed by atoms with Crippen molar-refractivity contribution < 1.29 is 9.15 Å². The molecule has 1 heterocycles. The number of fused-ring (bicyclic) bond motifs is 1. The van der Waals surface area contributed by atoms with Gasteiger partial charge in [-0.25, -0.2) is 0 Å². The van der Waals surface area contributed by atoms with Crippen molar-refractivity contribution in [3.05, 3.63) is 75.6 Å². The molecule has 0 aliphatic heterocycles. The fraction of sp³-hybridized carbons (Fsp3) is 0.150. The van der Waals surface area contributed by atoms with Crippen LogP contribution in [0.5, 0.6) is 5.75 Å². The van der Waals surface area contributed by atoms with E-state index in [-0.39, 0.29) is 5.43 Å². The molecule has 3 rings (SSSR count). The highest BCUT2D eigenvalue weighted by molar-refractivity contribution is 5.79. The standard InChI is InChI=1S/C20H18O3/c1-3-14-4-6-15(7-5-14)8-9-17-13-19(21)18-12-16(22-2)10-11-20(18)23-17/h4-13H,3H2,1-2H3. The fourth-order valence-electron chi connectivity index (χ4n) is 2.41. The van der Waals surface area contributed by atoms with E-state index in [4.69, 9.17) is 9.15 Å². The van der Waals surface area contributed by atoms with Crippen LogP contribution < -0.4 is 10.2 Å². The lowest BCUT2D eigenvalue weighted by atomic mass is 10.1. The molecule has 0 atom stereocenters. The van der Waals surface area contributed by atoms with Gasteiger partial charge in [0, 0.05) is 6.07 Å². The number of aryl methyl sites for hydroxylation is 1. The van der Waals surface area contributed by atoms with Gasteiger partial charge in [-0.3, -0.25) is 4.79 Å². The molecule has 0 amide bonds. The van der Waals surface area contributed by atoms with Crippen molar-refractivity contribution in [1.29, 1.82) is 0 Å². The monoisotopic (exact) mass is 306 g/mol. The first-order chi connectivity index (χ1) is 11.2. The normalized spacial score (nSPS) is 11.2. The van der Waals surface area contributed by atoms with Crippen LogP contribution in [0.25, 0.3) is 23.1 Å². The zero-order valence-corrected chi connectivity index (χ0v) is 13.2. The van der Waals surface area contributed by atoms with Gasteiger partial charge < -0.3 is 9.15 Å². The van der Waals surface area contributed by atoms with Crippen molar-refractivity contribution in [2.75, 3.05) is 7.11 Å². The van der Waals surface area contributed by atoms with Gasteiger partial charge in [-0.1, -0.05) is 37.3 Å². The molecule has 0 aliphatic carbocycles. The van der Waals surface area contributed by atoms with E-state index in [0.717, 1.165) is 12.0 Å². The predicted octanol–water partition coefficient (Wildman–Crippen LogP) is 4.53. The van der Waals surface area contributed by atoms with Gasteiger partial charge in [0.2, 0.25) is 0 Å². The van der Waals surface area contributed by atoms with Crippen molar-refractivity contribution in [3.8, 4) is 5.75 Å². The highest BCUT2D eigenvalue weighted by Crippen LogP contribution is 2.20. The fourth-order valence-corrected chi connectivity index (χ4v) is 2.41. The molecule has 0 fully saturated rings. The molecule has 1 aromatic heterocycles. The van der Waals surface area contributed by atoms with Crippen molar-refractivity contribution in [1.82, 2.24) is 0 Å². The van der Waals surface area contributed by atoms with Gasteiger partial charge >= 0.3 is 0 Å². The summed E-state index contributed by atoms with van der Waals surface area (Å²) < 4.78 is 10.9. The highest BCUT2D eigenvalue weighted by Gasteiger charge is 2.04. The third kappa shape index (κ3) is 3.34. The molecule has 0 bridgehead atoms. The molecule has 0 spiro atoms. The van der Waals surface area contributed by atoms with Gasteiger partial charge in [-0.2, -0.15) is 0 Å². The summed E-state index contributed by atoms with van der Waals surface area (Å²) in [5, 5.41) is 0.522. The quantitative estimate of drug-likeness (QED) is 0.710. The van der Waals surface area contributed by atoms with E-state index in [1.807, 2.05) is 12.2 Å². The Hall–Kier alpha value is -2.81. The first kappa shape index (κ1) is 15.1. The minimum absolute atomic E-state index is 0.0777. The van der Waals surface area contributed by atoms with Crippen LogP contribution in [0, 0.1) is 0 Å². The Labute approximate surface area is 134 Å². The summed E-state index contributed by atoms with van der Waals surface area (Å²) in [5.74, 6) is 1.18. The summed E-state index contributed by atoms with van der Waals surface area (Å²) in [6, 6.07) is 15.0. The summed E-state index contributed by atoms with van der Waals surface area (Å²) >= 11 is 0. The van der Waals surface area contributed by atoms with E-state index in [0.29, 0.717) is 22.5 Å². The van der Waals surface area contributed by atoms with E-state index >= 15 is 0 Å². The minimum Gasteiger partial charge on any atom is -0.497 e. The predicted molar refractivity (Wildman–Crippen MR) is 93.8 cm³/mol. The Morgan fingerprint density at radius 1 is 1.04 bits per heavy atom. The lowest BCUT2D eigenvalue weighted by Gasteiger charge is -2.02. The Morgan fingerprint density at radius 3 is 2.52 bits per heavy atom. The molecule has 0 aliphatic rings. The maximum Gasteiger partial charge on any atom is 0.193 e. The third-order valence-electron chi connectivity index (χ3n) is 3.78. The summed E-state index contributed by atoms with van der Waals surface area (Å²) in [6.07, 6.45) is 4.77. The molecule has 3 heteroatoms. The van der Waals surface area contributed by atoms with Crippen molar-refractivity contribution >= 4 is 23.1 Å². The zero-order valence-electron chi connectivity index (χ0n) is 13.2. The largest absolute Gasteiger partial charge is 0.497 e. The molecular weight excluding hydrogens is 288 g/mol.